The summed E-state index contributed by atoms with van der Waals surface area (Å²) in [7, 11) is -3.62. The van der Waals surface area contributed by atoms with Crippen LogP contribution in [0.1, 0.15) is 6.92 Å². The summed E-state index contributed by atoms with van der Waals surface area (Å²) in [5.41, 5.74) is 0. The Hall–Kier alpha value is -1.06. The lowest BCUT2D eigenvalue weighted by molar-refractivity contribution is -0.137. The Kier molecular flexibility index (Phi) is 5.17. The fourth-order valence-electron chi connectivity index (χ4n) is 1.10. The van der Waals surface area contributed by atoms with Crippen molar-refractivity contribution in [1.29, 1.82) is 0 Å². The van der Waals surface area contributed by atoms with Crippen LogP contribution in [0.5, 0.6) is 0 Å². The highest BCUT2D eigenvalue weighted by molar-refractivity contribution is 7.99. The predicted octanol–water partition coefficient (Wildman–Crippen LogP) is -0.00250. The van der Waals surface area contributed by atoms with E-state index in [1.54, 1.807) is 11.8 Å². The first-order valence-corrected chi connectivity index (χ1v) is 7.89. The third-order valence-electron chi connectivity index (χ3n) is 2.18. The minimum atomic E-state index is -3.62. The molecular formula is C9H15N3O4S2. The van der Waals surface area contributed by atoms with Crippen molar-refractivity contribution in [2.45, 2.75) is 23.6 Å². The topological polar surface area (TPSA) is 101 Å². The minimum Gasteiger partial charge on any atom is -0.480 e. The second kappa shape index (κ2) is 6.21. The summed E-state index contributed by atoms with van der Waals surface area (Å²) in [5, 5.41) is 12.4. The maximum atomic E-state index is 11.8. The number of carboxylic acid groups (broad SMARTS) is 1. The Morgan fingerprint density at radius 1 is 1.67 bits per heavy atom. The number of aromatic nitrogens is 2. The molecule has 18 heavy (non-hydrogen) atoms. The Morgan fingerprint density at radius 3 is 2.89 bits per heavy atom. The van der Waals surface area contributed by atoms with Gasteiger partial charge in [0, 0.05) is 18.0 Å². The number of nitrogens with one attached hydrogen (secondary N) is 1. The molecule has 0 saturated carbocycles. The zero-order valence-electron chi connectivity index (χ0n) is 10.0. The van der Waals surface area contributed by atoms with E-state index in [4.69, 9.17) is 5.11 Å². The van der Waals surface area contributed by atoms with Gasteiger partial charge in [-0.2, -0.15) is 16.9 Å². The second-order valence-corrected chi connectivity index (χ2v) is 6.71. The monoisotopic (exact) mass is 293 g/mol. The van der Waals surface area contributed by atoms with Crippen LogP contribution in [0.3, 0.4) is 0 Å². The molecule has 0 aromatic carbocycles. The van der Waals surface area contributed by atoms with E-state index >= 15 is 0 Å². The van der Waals surface area contributed by atoms with Crippen LogP contribution < -0.4 is 4.72 Å². The van der Waals surface area contributed by atoms with Gasteiger partial charge in [0.1, 0.15) is 11.4 Å². The predicted molar refractivity (Wildman–Crippen MR) is 68.0 cm³/mol. The Labute approximate surface area is 110 Å². The molecule has 1 atom stereocenters. The van der Waals surface area contributed by atoms with Crippen molar-refractivity contribution in [3.05, 3.63) is 12.4 Å². The average Bonchev–Trinajstić information content (AvgIpc) is 2.74. The first-order chi connectivity index (χ1) is 8.35. The lowest BCUT2D eigenvalue weighted by Gasteiger charge is -2.09. The number of rotatable bonds is 7. The van der Waals surface area contributed by atoms with E-state index in [1.165, 1.54) is 6.20 Å². The van der Waals surface area contributed by atoms with E-state index in [1.807, 2.05) is 13.2 Å². The van der Waals surface area contributed by atoms with Gasteiger partial charge in [-0.3, -0.25) is 9.48 Å². The standard InChI is InChI=1S/C9H15N3O4S2/c1-7(17-2)3-11-18(15,16)8-4-10-12(5-8)6-9(13)14/h4-5,7,11H,3,6H2,1-2H3,(H,13,14). The number of thioether (sulfide) groups is 1. The normalized spacial score (nSPS) is 13.4. The van der Waals surface area contributed by atoms with E-state index in [0.29, 0.717) is 6.54 Å². The Bertz CT molecular complexity index is 512. The van der Waals surface area contributed by atoms with Crippen LogP contribution in [-0.4, -0.2) is 47.3 Å². The summed E-state index contributed by atoms with van der Waals surface area (Å²) in [6, 6.07) is 0. The molecule has 0 saturated heterocycles. The molecule has 0 fully saturated rings. The Balaban J connectivity index is 2.73. The maximum absolute atomic E-state index is 11.8. The first kappa shape index (κ1) is 15.0. The van der Waals surface area contributed by atoms with Crippen LogP contribution in [-0.2, 0) is 21.4 Å². The van der Waals surface area contributed by atoms with E-state index in [2.05, 4.69) is 9.82 Å². The molecule has 102 valence electrons. The van der Waals surface area contributed by atoms with E-state index in [0.717, 1.165) is 10.9 Å². The summed E-state index contributed by atoms with van der Waals surface area (Å²) >= 11 is 1.55. The van der Waals surface area contributed by atoms with Gasteiger partial charge < -0.3 is 5.11 Å². The lowest BCUT2D eigenvalue weighted by Crippen LogP contribution is -2.29. The molecule has 0 spiro atoms. The van der Waals surface area contributed by atoms with Crippen molar-refractivity contribution in [3.8, 4) is 0 Å². The molecule has 1 unspecified atom stereocenters. The average molecular weight is 293 g/mol. The van der Waals surface area contributed by atoms with Gasteiger partial charge in [0.05, 0.1) is 6.20 Å². The molecule has 0 aliphatic rings. The summed E-state index contributed by atoms with van der Waals surface area (Å²) in [6.07, 6.45) is 4.22. The molecule has 1 aromatic heterocycles. The number of nitrogens with zero attached hydrogens (tertiary/aromatic N) is 2. The molecule has 0 radical (unpaired) electrons. The van der Waals surface area contributed by atoms with E-state index in [9.17, 15) is 13.2 Å². The van der Waals surface area contributed by atoms with Crippen molar-refractivity contribution in [1.82, 2.24) is 14.5 Å². The number of hydrogen-bond acceptors (Lipinski definition) is 5. The second-order valence-electron chi connectivity index (χ2n) is 3.67. The first-order valence-electron chi connectivity index (χ1n) is 5.12. The summed E-state index contributed by atoms with van der Waals surface area (Å²) in [5.74, 6) is -1.08. The van der Waals surface area contributed by atoms with E-state index < -0.39 is 16.0 Å². The lowest BCUT2D eigenvalue weighted by atomic mass is 10.5. The van der Waals surface area contributed by atoms with Gasteiger partial charge in [-0.05, 0) is 6.26 Å². The van der Waals surface area contributed by atoms with Crippen molar-refractivity contribution >= 4 is 27.8 Å². The summed E-state index contributed by atoms with van der Waals surface area (Å²) < 4.78 is 27.2. The highest BCUT2D eigenvalue weighted by Crippen LogP contribution is 2.09. The number of sulfonamides is 1. The molecule has 0 amide bonds. The quantitative estimate of drug-likeness (QED) is 0.733. The smallest absolute Gasteiger partial charge is 0.325 e. The van der Waals surface area contributed by atoms with Crippen molar-refractivity contribution < 1.29 is 18.3 Å². The minimum absolute atomic E-state index is 0.0305. The number of aliphatic carboxylic acids is 1. The molecule has 1 aromatic rings. The number of carbonyl (C=O) groups is 1. The van der Waals surface area contributed by atoms with Gasteiger partial charge in [0.2, 0.25) is 10.0 Å². The van der Waals surface area contributed by atoms with Gasteiger partial charge >= 0.3 is 5.97 Å². The van der Waals surface area contributed by atoms with Gasteiger partial charge in [0.15, 0.2) is 0 Å². The molecule has 0 aliphatic heterocycles. The third kappa shape index (κ3) is 4.31. The van der Waals surface area contributed by atoms with Crippen LogP contribution in [0.15, 0.2) is 17.3 Å². The maximum Gasteiger partial charge on any atom is 0.325 e. The fourth-order valence-corrected chi connectivity index (χ4v) is 2.54. The molecule has 2 N–H and O–H groups in total. The van der Waals surface area contributed by atoms with Crippen LogP contribution >= 0.6 is 11.8 Å². The zero-order chi connectivity index (χ0) is 13.8. The van der Waals surface area contributed by atoms with Crippen LogP contribution in [0.4, 0.5) is 0 Å². The summed E-state index contributed by atoms with van der Waals surface area (Å²) in [6.45, 7) is 1.85. The number of hydrogen-bond donors (Lipinski definition) is 2. The molecule has 1 heterocycles. The highest BCUT2D eigenvalue weighted by atomic mass is 32.2. The SMILES string of the molecule is CSC(C)CNS(=O)(=O)c1cnn(CC(=O)O)c1. The molecule has 1 rings (SSSR count). The van der Waals surface area contributed by atoms with Gasteiger partial charge in [0.25, 0.3) is 0 Å². The zero-order valence-corrected chi connectivity index (χ0v) is 11.7. The summed E-state index contributed by atoms with van der Waals surface area (Å²) in [4.78, 5) is 10.4. The van der Waals surface area contributed by atoms with Gasteiger partial charge in [-0.1, -0.05) is 6.92 Å². The highest BCUT2D eigenvalue weighted by Gasteiger charge is 2.17. The van der Waals surface area contributed by atoms with Crippen molar-refractivity contribution in [2.24, 2.45) is 0 Å². The van der Waals surface area contributed by atoms with Gasteiger partial charge in [-0.15, -0.1) is 0 Å². The fraction of sp³-hybridized carbons (Fsp3) is 0.556. The van der Waals surface area contributed by atoms with Crippen LogP contribution in [0, 0.1) is 0 Å². The van der Waals surface area contributed by atoms with Crippen molar-refractivity contribution in [2.75, 3.05) is 12.8 Å². The van der Waals surface area contributed by atoms with E-state index in [-0.39, 0.29) is 16.7 Å². The molecular weight excluding hydrogens is 278 g/mol. The Morgan fingerprint density at radius 2 is 2.33 bits per heavy atom. The van der Waals surface area contributed by atoms with Gasteiger partial charge in [-0.25, -0.2) is 13.1 Å². The molecule has 0 aliphatic carbocycles. The van der Waals surface area contributed by atoms with Crippen LogP contribution in [0.25, 0.3) is 0 Å². The van der Waals surface area contributed by atoms with Crippen molar-refractivity contribution in [3.63, 3.8) is 0 Å². The molecule has 9 heteroatoms. The molecule has 7 nitrogen and oxygen atoms in total. The largest absolute Gasteiger partial charge is 0.480 e. The number of carboxylic acids is 1. The third-order valence-corrected chi connectivity index (χ3v) is 4.53. The molecule has 0 bridgehead atoms. The van der Waals surface area contributed by atoms with Crippen LogP contribution in [0.2, 0.25) is 0 Å².